The van der Waals surface area contributed by atoms with Crippen LogP contribution in [0.3, 0.4) is 0 Å². The molecule has 20 heavy (non-hydrogen) atoms. The van der Waals surface area contributed by atoms with E-state index in [1.165, 1.54) is 14.2 Å². The molecule has 1 aliphatic heterocycles. The average Bonchev–Trinajstić information content (AvgIpc) is 2.73. The summed E-state index contributed by atoms with van der Waals surface area (Å²) in [5, 5.41) is 7.40. The van der Waals surface area contributed by atoms with Gasteiger partial charge in [-0.1, -0.05) is 0 Å². The van der Waals surface area contributed by atoms with E-state index in [1.807, 2.05) is 0 Å². The fraction of sp³-hybridized carbons (Fsp3) is 0.231. The van der Waals surface area contributed by atoms with Crippen LogP contribution >= 0.6 is 0 Å². The number of carbonyl (C=O) groups excluding carboxylic acids is 1. The molecule has 0 radical (unpaired) electrons. The summed E-state index contributed by atoms with van der Waals surface area (Å²) in [5.41, 5.74) is 12.0. The average molecular weight is 276 g/mol. The van der Waals surface area contributed by atoms with Crippen molar-refractivity contribution in [3.63, 3.8) is 0 Å². The first-order valence-corrected chi connectivity index (χ1v) is 5.86. The van der Waals surface area contributed by atoms with Gasteiger partial charge in [0.25, 0.3) is 0 Å². The Labute approximate surface area is 116 Å². The number of nitrogens with one attached hydrogen (secondary N) is 1. The third-order valence-electron chi connectivity index (χ3n) is 3.04. The number of ether oxygens (including phenoxy) is 2. The second-order valence-electron chi connectivity index (χ2n) is 4.25. The third-order valence-corrected chi connectivity index (χ3v) is 3.04. The van der Waals surface area contributed by atoms with Crippen LogP contribution in [0.5, 0.6) is 11.5 Å². The quantitative estimate of drug-likeness (QED) is 0.534. The Hall–Kier alpha value is -2.70. The minimum absolute atomic E-state index is 0.0388. The Bertz CT molecular complexity index is 587. The van der Waals surface area contributed by atoms with Crippen LogP contribution in [0.15, 0.2) is 29.6 Å². The molecule has 0 fully saturated rings. The van der Waals surface area contributed by atoms with Crippen molar-refractivity contribution in [2.75, 3.05) is 25.7 Å². The number of benzene rings is 1. The molecule has 0 aromatic heterocycles. The molecule has 7 heteroatoms. The molecule has 1 aromatic rings. The zero-order valence-electron chi connectivity index (χ0n) is 11.3. The number of ketones is 1. The standard InChI is InChI=1S/C13H16N4O3/c1-19-8-3-7(4-9(5-8)20-2)17-6-10(18)11(12(14)15)13(17)16/h3-5H,6,16H2,1-2H3,(H3,14,15). The van der Waals surface area contributed by atoms with Gasteiger partial charge in [-0.25, -0.2) is 0 Å². The molecule has 0 atom stereocenters. The Kier molecular flexibility index (Phi) is 3.51. The molecule has 0 aliphatic carbocycles. The third kappa shape index (κ3) is 2.25. The van der Waals surface area contributed by atoms with E-state index in [0.29, 0.717) is 17.2 Å². The van der Waals surface area contributed by atoms with Crippen LogP contribution in [0.2, 0.25) is 0 Å². The van der Waals surface area contributed by atoms with Crippen LogP contribution in [0, 0.1) is 5.41 Å². The maximum atomic E-state index is 11.9. The SMILES string of the molecule is COc1cc(OC)cc(N2CC(=O)C(C(=N)N)=C2N)c1. The van der Waals surface area contributed by atoms with Crippen LogP contribution in [0.25, 0.3) is 0 Å². The van der Waals surface area contributed by atoms with Gasteiger partial charge in [0, 0.05) is 18.2 Å². The zero-order valence-corrected chi connectivity index (χ0v) is 11.3. The monoisotopic (exact) mass is 276 g/mol. The van der Waals surface area contributed by atoms with Crippen molar-refractivity contribution in [3.05, 3.63) is 29.6 Å². The number of nitrogens with zero attached hydrogens (tertiary/aromatic N) is 1. The Morgan fingerprint density at radius 1 is 1.25 bits per heavy atom. The Morgan fingerprint density at radius 2 is 1.80 bits per heavy atom. The van der Waals surface area contributed by atoms with Gasteiger partial charge < -0.3 is 25.8 Å². The summed E-state index contributed by atoms with van der Waals surface area (Å²) in [6.07, 6.45) is 0. The number of anilines is 1. The number of hydrogen-bond acceptors (Lipinski definition) is 6. The summed E-state index contributed by atoms with van der Waals surface area (Å²) in [7, 11) is 3.07. The first kappa shape index (κ1) is 13.7. The molecule has 0 amide bonds. The molecule has 0 unspecified atom stereocenters. The zero-order chi connectivity index (χ0) is 14.9. The molecule has 1 aromatic carbocycles. The summed E-state index contributed by atoms with van der Waals surface area (Å²) in [5.74, 6) is 0.714. The molecule has 0 saturated heterocycles. The number of methoxy groups -OCH3 is 2. The van der Waals surface area contributed by atoms with E-state index in [-0.39, 0.29) is 29.6 Å². The van der Waals surface area contributed by atoms with Gasteiger partial charge in [0.2, 0.25) is 0 Å². The minimum atomic E-state index is -0.329. The highest BCUT2D eigenvalue weighted by Gasteiger charge is 2.31. The molecule has 106 valence electrons. The van der Waals surface area contributed by atoms with Crippen molar-refractivity contribution >= 4 is 17.3 Å². The van der Waals surface area contributed by atoms with Crippen LogP contribution in [-0.2, 0) is 4.79 Å². The summed E-state index contributed by atoms with van der Waals surface area (Å²) in [6.45, 7) is 0.0388. The number of rotatable bonds is 4. The van der Waals surface area contributed by atoms with Gasteiger partial charge in [-0.05, 0) is 0 Å². The van der Waals surface area contributed by atoms with Crippen molar-refractivity contribution in [2.45, 2.75) is 0 Å². The molecular formula is C13H16N4O3. The molecule has 0 spiro atoms. The second kappa shape index (κ2) is 5.12. The largest absolute Gasteiger partial charge is 0.497 e. The number of amidine groups is 1. The molecular weight excluding hydrogens is 260 g/mol. The Balaban J connectivity index is 2.47. The lowest BCUT2D eigenvalue weighted by molar-refractivity contribution is -0.113. The molecule has 1 heterocycles. The predicted octanol–water partition coefficient (Wildman–Crippen LogP) is 0.199. The lowest BCUT2D eigenvalue weighted by atomic mass is 10.2. The number of hydrogen-bond donors (Lipinski definition) is 3. The highest BCUT2D eigenvalue weighted by atomic mass is 16.5. The van der Waals surface area contributed by atoms with E-state index >= 15 is 0 Å². The molecule has 1 aliphatic rings. The van der Waals surface area contributed by atoms with Gasteiger partial charge in [0.05, 0.1) is 26.5 Å². The van der Waals surface area contributed by atoms with Gasteiger partial charge >= 0.3 is 0 Å². The smallest absolute Gasteiger partial charge is 0.189 e. The van der Waals surface area contributed by atoms with E-state index in [4.69, 9.17) is 26.4 Å². The van der Waals surface area contributed by atoms with Crippen molar-refractivity contribution in [1.29, 1.82) is 5.41 Å². The molecule has 7 nitrogen and oxygen atoms in total. The van der Waals surface area contributed by atoms with Crippen LogP contribution in [0.1, 0.15) is 0 Å². The van der Waals surface area contributed by atoms with Gasteiger partial charge in [-0.2, -0.15) is 0 Å². The lowest BCUT2D eigenvalue weighted by Gasteiger charge is -2.20. The van der Waals surface area contributed by atoms with Crippen molar-refractivity contribution in [3.8, 4) is 11.5 Å². The van der Waals surface area contributed by atoms with E-state index < -0.39 is 0 Å². The summed E-state index contributed by atoms with van der Waals surface area (Å²) in [4.78, 5) is 13.4. The Morgan fingerprint density at radius 3 is 2.20 bits per heavy atom. The highest BCUT2D eigenvalue weighted by molar-refractivity contribution is 6.24. The predicted molar refractivity (Wildman–Crippen MR) is 75.0 cm³/mol. The normalized spacial score (nSPS) is 14.7. The summed E-state index contributed by atoms with van der Waals surface area (Å²) < 4.78 is 10.4. The van der Waals surface area contributed by atoms with Gasteiger partial charge in [-0.15, -0.1) is 0 Å². The molecule has 5 N–H and O–H groups in total. The lowest BCUT2D eigenvalue weighted by Crippen LogP contribution is -2.25. The van der Waals surface area contributed by atoms with Gasteiger partial charge in [0.15, 0.2) is 5.78 Å². The number of carbonyl (C=O) groups is 1. The second-order valence-corrected chi connectivity index (χ2v) is 4.25. The summed E-state index contributed by atoms with van der Waals surface area (Å²) >= 11 is 0. The number of Topliss-reactive ketones (excluding diaryl/α,β-unsaturated/α-hetero) is 1. The van der Waals surface area contributed by atoms with Crippen LogP contribution in [0.4, 0.5) is 5.69 Å². The molecule has 2 rings (SSSR count). The van der Waals surface area contributed by atoms with E-state index in [0.717, 1.165) is 0 Å². The topological polar surface area (TPSA) is 115 Å². The first-order valence-electron chi connectivity index (χ1n) is 5.86. The maximum Gasteiger partial charge on any atom is 0.189 e. The summed E-state index contributed by atoms with van der Waals surface area (Å²) in [6, 6.07) is 5.17. The first-order chi connectivity index (χ1) is 9.47. The fourth-order valence-corrected chi connectivity index (χ4v) is 2.05. The van der Waals surface area contributed by atoms with Crippen molar-refractivity contribution in [2.24, 2.45) is 11.5 Å². The van der Waals surface area contributed by atoms with Crippen LogP contribution < -0.4 is 25.8 Å². The highest BCUT2D eigenvalue weighted by Crippen LogP contribution is 2.32. The fourth-order valence-electron chi connectivity index (χ4n) is 2.05. The van der Waals surface area contributed by atoms with E-state index in [1.54, 1.807) is 23.1 Å². The molecule has 0 saturated carbocycles. The maximum absolute atomic E-state index is 11.9. The minimum Gasteiger partial charge on any atom is -0.497 e. The van der Waals surface area contributed by atoms with E-state index in [2.05, 4.69) is 0 Å². The van der Waals surface area contributed by atoms with Crippen molar-refractivity contribution < 1.29 is 14.3 Å². The van der Waals surface area contributed by atoms with Gasteiger partial charge in [-0.3, -0.25) is 10.2 Å². The number of nitrogens with two attached hydrogens (primary N) is 2. The molecule has 0 bridgehead atoms. The van der Waals surface area contributed by atoms with Crippen LogP contribution in [-0.4, -0.2) is 32.4 Å². The van der Waals surface area contributed by atoms with Crippen molar-refractivity contribution in [1.82, 2.24) is 0 Å². The van der Waals surface area contributed by atoms with Gasteiger partial charge in [0.1, 0.15) is 28.7 Å². The van der Waals surface area contributed by atoms with E-state index in [9.17, 15) is 4.79 Å².